The van der Waals surface area contributed by atoms with Crippen molar-refractivity contribution in [2.45, 2.75) is 13.8 Å². The van der Waals surface area contributed by atoms with E-state index >= 15 is 0 Å². The normalized spacial score (nSPS) is 13.5. The molecule has 0 radical (unpaired) electrons. The Bertz CT molecular complexity index is 1530. The number of ether oxygens (including phenoxy) is 2. The highest BCUT2D eigenvalue weighted by Gasteiger charge is 2.21. The molecule has 1 fully saturated rings. The van der Waals surface area contributed by atoms with Gasteiger partial charge < -0.3 is 29.9 Å². The number of anilines is 4. The van der Waals surface area contributed by atoms with Crippen LogP contribution in [0.4, 0.5) is 27.4 Å². The number of likely N-dealkylation sites (N-methyl/N-ethyl adjacent to an activating group) is 1. The van der Waals surface area contributed by atoms with Gasteiger partial charge in [0.2, 0.25) is 11.8 Å². The molecule has 0 saturated carbocycles. The smallest absolute Gasteiger partial charge is 0.262 e. The van der Waals surface area contributed by atoms with Gasteiger partial charge in [-0.25, -0.2) is 9.37 Å². The van der Waals surface area contributed by atoms with E-state index in [1.807, 2.05) is 50.2 Å². The Morgan fingerprint density at radius 2 is 1.71 bits per heavy atom. The van der Waals surface area contributed by atoms with E-state index in [0.717, 1.165) is 48.7 Å². The summed E-state index contributed by atoms with van der Waals surface area (Å²) in [5.74, 6) is 0.198. The number of piperazine rings is 1. The number of aryl methyl sites for hydroxylation is 2. The lowest BCUT2D eigenvalue weighted by Gasteiger charge is -2.34. The summed E-state index contributed by atoms with van der Waals surface area (Å²) < 4.78 is 25.5. The minimum Gasteiger partial charge on any atom is -0.495 e. The Morgan fingerprint density at radius 1 is 0.976 bits per heavy atom. The van der Waals surface area contributed by atoms with Gasteiger partial charge in [-0.15, -0.1) is 0 Å². The van der Waals surface area contributed by atoms with E-state index in [1.54, 1.807) is 13.2 Å². The van der Waals surface area contributed by atoms with Crippen molar-refractivity contribution in [2.24, 2.45) is 0 Å². The quantitative estimate of drug-likeness (QED) is 0.282. The number of hydrogen-bond acceptors (Lipinski definition) is 8. The molecule has 1 amide bonds. The van der Waals surface area contributed by atoms with Crippen molar-refractivity contribution in [2.75, 3.05) is 55.9 Å². The van der Waals surface area contributed by atoms with Crippen LogP contribution in [0.25, 0.3) is 0 Å². The fraction of sp³-hybridized carbons (Fsp3) is 0.258. The van der Waals surface area contributed by atoms with Crippen LogP contribution >= 0.6 is 0 Å². The molecule has 10 heteroatoms. The molecule has 0 bridgehead atoms. The fourth-order valence-electron chi connectivity index (χ4n) is 4.69. The van der Waals surface area contributed by atoms with Crippen LogP contribution < -0.4 is 25.0 Å². The first-order valence-corrected chi connectivity index (χ1v) is 13.4. The number of halogens is 1. The van der Waals surface area contributed by atoms with Gasteiger partial charge in [-0.2, -0.15) is 4.98 Å². The summed E-state index contributed by atoms with van der Waals surface area (Å²) in [4.78, 5) is 26.8. The molecule has 3 aromatic carbocycles. The van der Waals surface area contributed by atoms with Gasteiger partial charge in [-0.05, 0) is 56.3 Å². The predicted molar refractivity (Wildman–Crippen MR) is 158 cm³/mol. The maximum atomic E-state index is 13.9. The van der Waals surface area contributed by atoms with Crippen LogP contribution in [-0.4, -0.2) is 61.1 Å². The van der Waals surface area contributed by atoms with Gasteiger partial charge in [0.25, 0.3) is 5.91 Å². The maximum absolute atomic E-state index is 13.9. The molecule has 2 N–H and O–H groups in total. The molecular weight excluding hydrogens is 523 g/mol. The van der Waals surface area contributed by atoms with E-state index in [9.17, 15) is 9.18 Å². The van der Waals surface area contributed by atoms with E-state index < -0.39 is 11.7 Å². The number of amides is 1. The third kappa shape index (κ3) is 6.55. The van der Waals surface area contributed by atoms with Gasteiger partial charge in [-0.1, -0.05) is 24.3 Å². The van der Waals surface area contributed by atoms with E-state index in [4.69, 9.17) is 9.47 Å². The Balaban J connectivity index is 1.43. The first kappa shape index (κ1) is 27.9. The number of methoxy groups -OCH3 is 1. The number of rotatable bonds is 8. The largest absolute Gasteiger partial charge is 0.495 e. The third-order valence-corrected chi connectivity index (χ3v) is 7.01. The van der Waals surface area contributed by atoms with Gasteiger partial charge in [0.05, 0.1) is 12.8 Å². The standard InChI is InChI=1S/C31H33FN6O3/c1-20-7-5-8-21(2)28(20)35-29(39)25-19-33-31(36-30(25)41-24-10-6-9-22(32)17-24)34-23-11-12-26(27(18-23)40-4)38-15-13-37(3)14-16-38/h5-12,17-19H,13-16H2,1-4H3,(H,35,39)(H,33,34,36). The molecular formula is C31H33FN6O3. The number of carbonyl (C=O) groups is 1. The number of carbonyl (C=O) groups excluding carboxylic acids is 1. The van der Waals surface area contributed by atoms with Crippen molar-refractivity contribution < 1.29 is 18.7 Å². The summed E-state index contributed by atoms with van der Waals surface area (Å²) in [6.45, 7) is 7.62. The van der Waals surface area contributed by atoms with Crippen molar-refractivity contribution in [3.05, 3.63) is 89.4 Å². The van der Waals surface area contributed by atoms with Crippen LogP contribution in [-0.2, 0) is 0 Å². The lowest BCUT2D eigenvalue weighted by Crippen LogP contribution is -2.44. The first-order valence-electron chi connectivity index (χ1n) is 13.4. The molecule has 5 rings (SSSR count). The van der Waals surface area contributed by atoms with Gasteiger partial charge >= 0.3 is 0 Å². The van der Waals surface area contributed by atoms with E-state index in [1.165, 1.54) is 24.4 Å². The van der Waals surface area contributed by atoms with Crippen LogP contribution in [0.15, 0.2) is 66.9 Å². The van der Waals surface area contributed by atoms with E-state index in [-0.39, 0.29) is 23.1 Å². The molecule has 1 aliphatic heterocycles. The molecule has 0 unspecified atom stereocenters. The molecule has 212 valence electrons. The summed E-state index contributed by atoms with van der Waals surface area (Å²) in [7, 11) is 3.76. The Hall–Kier alpha value is -4.70. The topological polar surface area (TPSA) is 91.8 Å². The second-order valence-corrected chi connectivity index (χ2v) is 9.99. The van der Waals surface area contributed by atoms with Crippen LogP contribution in [0.2, 0.25) is 0 Å². The van der Waals surface area contributed by atoms with Crippen molar-refractivity contribution in [3.63, 3.8) is 0 Å². The highest BCUT2D eigenvalue weighted by atomic mass is 19.1. The second kappa shape index (κ2) is 12.2. The minimum atomic E-state index is -0.469. The average Bonchev–Trinajstić information content (AvgIpc) is 2.95. The zero-order chi connectivity index (χ0) is 28.9. The molecule has 4 aromatic rings. The minimum absolute atomic E-state index is 0.0159. The highest BCUT2D eigenvalue weighted by Crippen LogP contribution is 2.33. The summed E-state index contributed by atoms with van der Waals surface area (Å²) in [5, 5.41) is 6.11. The zero-order valence-corrected chi connectivity index (χ0v) is 23.6. The molecule has 9 nitrogen and oxygen atoms in total. The van der Waals surface area contributed by atoms with Crippen molar-refractivity contribution in [3.8, 4) is 17.4 Å². The lowest BCUT2D eigenvalue weighted by molar-refractivity contribution is 0.102. The van der Waals surface area contributed by atoms with Gasteiger partial charge in [-0.3, -0.25) is 4.79 Å². The number of nitrogens with one attached hydrogen (secondary N) is 2. The molecule has 0 atom stereocenters. The molecule has 0 aliphatic carbocycles. The third-order valence-electron chi connectivity index (χ3n) is 7.01. The summed E-state index contributed by atoms with van der Waals surface area (Å²) >= 11 is 0. The number of para-hydroxylation sites is 1. The summed E-state index contributed by atoms with van der Waals surface area (Å²) in [6, 6.07) is 17.2. The van der Waals surface area contributed by atoms with E-state index in [2.05, 4.69) is 37.4 Å². The highest BCUT2D eigenvalue weighted by molar-refractivity contribution is 6.06. The lowest BCUT2D eigenvalue weighted by atomic mass is 10.1. The summed E-state index contributed by atoms with van der Waals surface area (Å²) in [5.41, 5.74) is 4.34. The fourth-order valence-corrected chi connectivity index (χ4v) is 4.69. The van der Waals surface area contributed by atoms with Crippen molar-refractivity contribution in [1.82, 2.24) is 14.9 Å². The number of aromatic nitrogens is 2. The monoisotopic (exact) mass is 556 g/mol. The van der Waals surface area contributed by atoms with E-state index in [0.29, 0.717) is 11.4 Å². The van der Waals surface area contributed by atoms with Gasteiger partial charge in [0.1, 0.15) is 22.9 Å². The van der Waals surface area contributed by atoms with Gasteiger partial charge in [0, 0.05) is 55.9 Å². The van der Waals surface area contributed by atoms with Crippen LogP contribution in [0.5, 0.6) is 17.4 Å². The molecule has 41 heavy (non-hydrogen) atoms. The molecule has 1 aliphatic rings. The molecule has 2 heterocycles. The van der Waals surface area contributed by atoms with Crippen molar-refractivity contribution >= 4 is 28.9 Å². The Morgan fingerprint density at radius 3 is 2.41 bits per heavy atom. The van der Waals surface area contributed by atoms with Crippen molar-refractivity contribution in [1.29, 1.82) is 0 Å². The number of benzene rings is 3. The number of hydrogen-bond donors (Lipinski definition) is 2. The molecule has 1 saturated heterocycles. The van der Waals surface area contributed by atoms with Crippen LogP contribution in [0.3, 0.4) is 0 Å². The predicted octanol–water partition coefficient (Wildman–Crippen LogP) is 5.78. The maximum Gasteiger partial charge on any atom is 0.262 e. The summed E-state index contributed by atoms with van der Waals surface area (Å²) in [6.07, 6.45) is 1.39. The second-order valence-electron chi connectivity index (χ2n) is 9.99. The van der Waals surface area contributed by atoms with Crippen LogP contribution in [0.1, 0.15) is 21.5 Å². The molecule has 1 aromatic heterocycles. The first-order chi connectivity index (χ1) is 19.8. The molecule has 0 spiro atoms. The Labute approximate surface area is 238 Å². The van der Waals surface area contributed by atoms with Crippen LogP contribution in [0, 0.1) is 19.7 Å². The number of nitrogens with zero attached hydrogens (tertiary/aromatic N) is 4. The zero-order valence-electron chi connectivity index (χ0n) is 23.6. The Kier molecular flexibility index (Phi) is 8.30. The van der Waals surface area contributed by atoms with Gasteiger partial charge in [0.15, 0.2) is 0 Å². The average molecular weight is 557 g/mol. The SMILES string of the molecule is COc1cc(Nc2ncc(C(=O)Nc3c(C)cccc3C)c(Oc3cccc(F)c3)n2)ccc1N1CCN(C)CC1.